The molecule has 1 aliphatic heterocycles. The molecule has 106 valence electrons. The highest BCUT2D eigenvalue weighted by molar-refractivity contribution is 4.93. The monoisotopic (exact) mass is 257 g/mol. The van der Waals surface area contributed by atoms with Crippen molar-refractivity contribution >= 4 is 0 Å². The minimum atomic E-state index is -0.422. The van der Waals surface area contributed by atoms with Crippen LogP contribution in [-0.2, 0) is 9.47 Å². The largest absolute Gasteiger partial charge is 0.391 e. The highest BCUT2D eigenvalue weighted by Crippen LogP contribution is 2.38. The van der Waals surface area contributed by atoms with Gasteiger partial charge in [0.2, 0.25) is 0 Å². The lowest BCUT2D eigenvalue weighted by molar-refractivity contribution is -0.206. The van der Waals surface area contributed by atoms with E-state index in [4.69, 9.17) is 9.47 Å². The van der Waals surface area contributed by atoms with Gasteiger partial charge < -0.3 is 14.6 Å². The zero-order valence-corrected chi connectivity index (χ0v) is 12.1. The van der Waals surface area contributed by atoms with Gasteiger partial charge in [-0.15, -0.1) is 0 Å². The number of hydrogen-bond donors (Lipinski definition) is 1. The first-order chi connectivity index (χ1) is 8.45. The van der Waals surface area contributed by atoms with E-state index in [9.17, 15) is 5.11 Å². The summed E-state index contributed by atoms with van der Waals surface area (Å²) >= 11 is 0. The summed E-state index contributed by atoms with van der Waals surface area (Å²) in [6.45, 7) is 8.02. The van der Waals surface area contributed by atoms with Gasteiger partial charge in [-0.3, -0.25) is 4.90 Å². The summed E-state index contributed by atoms with van der Waals surface area (Å²) in [7, 11) is 2.10. The van der Waals surface area contributed by atoms with Crippen LogP contribution in [0.3, 0.4) is 0 Å². The SMILES string of the molecule is CC(C)C(C)N(C)C1CC2(CCC1O)OCCO2. The molecule has 4 heteroatoms. The van der Waals surface area contributed by atoms with Crippen LogP contribution >= 0.6 is 0 Å². The summed E-state index contributed by atoms with van der Waals surface area (Å²) in [5, 5.41) is 10.3. The quantitative estimate of drug-likeness (QED) is 0.834. The molecule has 1 N–H and O–H groups in total. The molecule has 3 unspecified atom stereocenters. The normalized spacial score (nSPS) is 33.5. The van der Waals surface area contributed by atoms with Crippen LogP contribution in [-0.4, -0.2) is 54.2 Å². The second-order valence-electron chi connectivity index (χ2n) is 6.14. The van der Waals surface area contributed by atoms with Crippen molar-refractivity contribution in [2.45, 2.75) is 64.0 Å². The zero-order valence-electron chi connectivity index (χ0n) is 12.1. The maximum Gasteiger partial charge on any atom is 0.170 e. The average Bonchev–Trinajstić information content (AvgIpc) is 2.79. The van der Waals surface area contributed by atoms with Gasteiger partial charge in [0.15, 0.2) is 5.79 Å². The molecule has 1 saturated carbocycles. The Labute approximate surface area is 110 Å². The molecule has 1 aliphatic carbocycles. The predicted molar refractivity (Wildman–Crippen MR) is 70.3 cm³/mol. The molecule has 0 radical (unpaired) electrons. The molecule has 0 amide bonds. The van der Waals surface area contributed by atoms with Crippen LogP contribution in [0.15, 0.2) is 0 Å². The van der Waals surface area contributed by atoms with E-state index in [1.54, 1.807) is 0 Å². The van der Waals surface area contributed by atoms with Crippen molar-refractivity contribution in [2.24, 2.45) is 5.92 Å². The highest BCUT2D eigenvalue weighted by atomic mass is 16.7. The van der Waals surface area contributed by atoms with E-state index in [0.29, 0.717) is 25.2 Å². The first-order valence-corrected chi connectivity index (χ1v) is 7.13. The Morgan fingerprint density at radius 2 is 1.83 bits per heavy atom. The third-order valence-electron chi connectivity index (χ3n) is 4.73. The van der Waals surface area contributed by atoms with E-state index < -0.39 is 5.79 Å². The molecule has 1 saturated heterocycles. The predicted octanol–water partition coefficient (Wildman–Crippen LogP) is 1.62. The van der Waals surface area contributed by atoms with Gasteiger partial charge in [-0.2, -0.15) is 0 Å². The van der Waals surface area contributed by atoms with Gasteiger partial charge in [0.25, 0.3) is 0 Å². The van der Waals surface area contributed by atoms with Crippen LogP contribution < -0.4 is 0 Å². The molecule has 3 atom stereocenters. The van der Waals surface area contributed by atoms with E-state index >= 15 is 0 Å². The smallest absolute Gasteiger partial charge is 0.170 e. The Morgan fingerprint density at radius 3 is 2.39 bits per heavy atom. The molecule has 2 rings (SSSR count). The summed E-state index contributed by atoms with van der Waals surface area (Å²) in [5.41, 5.74) is 0. The van der Waals surface area contributed by atoms with Crippen molar-refractivity contribution in [3.8, 4) is 0 Å². The Kier molecular flexibility index (Phi) is 4.32. The Balaban J connectivity index is 2.05. The average molecular weight is 257 g/mol. The maximum atomic E-state index is 10.3. The van der Waals surface area contributed by atoms with Gasteiger partial charge in [0, 0.05) is 24.9 Å². The summed E-state index contributed by atoms with van der Waals surface area (Å²) in [6.07, 6.45) is 2.09. The standard InChI is InChI=1S/C14H27NO3/c1-10(2)11(3)15(4)12-9-14(6-5-13(12)16)17-7-8-18-14/h10-13,16H,5-9H2,1-4H3. The van der Waals surface area contributed by atoms with Crippen molar-refractivity contribution < 1.29 is 14.6 Å². The fraction of sp³-hybridized carbons (Fsp3) is 1.00. The molecular formula is C14H27NO3. The van der Waals surface area contributed by atoms with Crippen LogP contribution in [0.1, 0.15) is 40.0 Å². The zero-order chi connectivity index (χ0) is 13.3. The number of rotatable bonds is 3. The van der Waals surface area contributed by atoms with Crippen LogP contribution in [0.4, 0.5) is 0 Å². The lowest BCUT2D eigenvalue weighted by Gasteiger charge is -2.45. The van der Waals surface area contributed by atoms with E-state index in [0.717, 1.165) is 19.3 Å². The minimum Gasteiger partial charge on any atom is -0.391 e. The number of nitrogens with zero attached hydrogens (tertiary/aromatic N) is 1. The second-order valence-corrected chi connectivity index (χ2v) is 6.14. The fourth-order valence-electron chi connectivity index (χ4n) is 3.06. The van der Waals surface area contributed by atoms with Gasteiger partial charge in [-0.1, -0.05) is 13.8 Å². The molecule has 4 nitrogen and oxygen atoms in total. The topological polar surface area (TPSA) is 41.9 Å². The molecule has 0 aromatic heterocycles. The number of likely N-dealkylation sites (N-methyl/N-ethyl adjacent to an activating group) is 1. The van der Waals surface area contributed by atoms with Crippen molar-refractivity contribution in [1.29, 1.82) is 0 Å². The second kappa shape index (κ2) is 5.45. The third-order valence-corrected chi connectivity index (χ3v) is 4.73. The third kappa shape index (κ3) is 2.72. The number of hydrogen-bond acceptors (Lipinski definition) is 4. The van der Waals surface area contributed by atoms with Crippen molar-refractivity contribution in [3.05, 3.63) is 0 Å². The number of ether oxygens (including phenoxy) is 2. The fourth-order valence-corrected chi connectivity index (χ4v) is 3.06. The number of aliphatic hydroxyl groups is 1. The van der Waals surface area contributed by atoms with Crippen molar-refractivity contribution in [1.82, 2.24) is 4.90 Å². The summed E-state index contributed by atoms with van der Waals surface area (Å²) in [4.78, 5) is 2.29. The molecular weight excluding hydrogens is 230 g/mol. The van der Waals surface area contributed by atoms with Crippen molar-refractivity contribution in [2.75, 3.05) is 20.3 Å². The maximum absolute atomic E-state index is 10.3. The van der Waals surface area contributed by atoms with Crippen LogP contribution in [0, 0.1) is 5.92 Å². The van der Waals surface area contributed by atoms with E-state index in [1.165, 1.54) is 0 Å². The Morgan fingerprint density at radius 1 is 1.22 bits per heavy atom. The molecule has 0 aromatic carbocycles. The molecule has 1 spiro atoms. The summed E-state index contributed by atoms with van der Waals surface area (Å²) in [5.74, 6) is 0.153. The Bertz CT molecular complexity index is 276. The lowest BCUT2D eigenvalue weighted by atomic mass is 9.85. The molecule has 0 aromatic rings. The van der Waals surface area contributed by atoms with E-state index in [-0.39, 0.29) is 12.1 Å². The summed E-state index contributed by atoms with van der Waals surface area (Å²) in [6, 6.07) is 0.579. The van der Waals surface area contributed by atoms with E-state index in [2.05, 4.69) is 32.7 Å². The minimum absolute atomic E-state index is 0.134. The molecule has 2 aliphatic rings. The number of aliphatic hydroxyl groups excluding tert-OH is 1. The van der Waals surface area contributed by atoms with Gasteiger partial charge in [0.05, 0.1) is 19.3 Å². The highest BCUT2D eigenvalue weighted by Gasteiger charge is 2.46. The van der Waals surface area contributed by atoms with Crippen LogP contribution in [0.2, 0.25) is 0 Å². The Hall–Kier alpha value is -0.160. The molecule has 0 bridgehead atoms. The van der Waals surface area contributed by atoms with Gasteiger partial charge >= 0.3 is 0 Å². The lowest BCUT2D eigenvalue weighted by Crippen LogP contribution is -2.55. The van der Waals surface area contributed by atoms with Gasteiger partial charge in [-0.25, -0.2) is 0 Å². The van der Waals surface area contributed by atoms with Crippen LogP contribution in [0.25, 0.3) is 0 Å². The molecule has 2 fully saturated rings. The van der Waals surface area contributed by atoms with Crippen LogP contribution in [0.5, 0.6) is 0 Å². The van der Waals surface area contributed by atoms with Gasteiger partial charge in [-0.05, 0) is 26.3 Å². The van der Waals surface area contributed by atoms with E-state index in [1.807, 2.05) is 0 Å². The molecule has 18 heavy (non-hydrogen) atoms. The first kappa shape index (κ1) is 14.3. The molecule has 1 heterocycles. The first-order valence-electron chi connectivity index (χ1n) is 7.13. The van der Waals surface area contributed by atoms with Crippen molar-refractivity contribution in [3.63, 3.8) is 0 Å². The summed E-state index contributed by atoms with van der Waals surface area (Å²) < 4.78 is 11.6. The van der Waals surface area contributed by atoms with Gasteiger partial charge in [0.1, 0.15) is 0 Å².